The van der Waals surface area contributed by atoms with Crippen LogP contribution in [0.25, 0.3) is 0 Å². The largest absolute Gasteiger partial charge is 0.399 e. The molecule has 0 heterocycles. The molecule has 0 fully saturated rings. The van der Waals surface area contributed by atoms with Gasteiger partial charge in [-0.1, -0.05) is 32.4 Å². The standard InChI is InChI=1S/C13H21ClN2/c1-13(2,3)9-16(4)8-10-5-11(14)7-12(15)6-10/h5-7H,8-9,15H2,1-4H3. The minimum atomic E-state index is 0.304. The van der Waals surface area contributed by atoms with Gasteiger partial charge in [0.15, 0.2) is 0 Å². The minimum absolute atomic E-state index is 0.304. The number of nitrogens with zero attached hydrogens (tertiary/aromatic N) is 1. The van der Waals surface area contributed by atoms with E-state index < -0.39 is 0 Å². The van der Waals surface area contributed by atoms with Gasteiger partial charge in [0.05, 0.1) is 0 Å². The highest BCUT2D eigenvalue weighted by molar-refractivity contribution is 6.30. The second-order valence-corrected chi connectivity index (χ2v) is 6.06. The normalized spacial score (nSPS) is 12.1. The van der Waals surface area contributed by atoms with Crippen molar-refractivity contribution in [2.45, 2.75) is 27.3 Å². The summed E-state index contributed by atoms with van der Waals surface area (Å²) in [6.07, 6.45) is 0. The zero-order valence-corrected chi connectivity index (χ0v) is 11.3. The number of benzene rings is 1. The summed E-state index contributed by atoms with van der Waals surface area (Å²) in [5.41, 5.74) is 7.96. The van der Waals surface area contributed by atoms with E-state index in [1.807, 2.05) is 12.1 Å². The first kappa shape index (κ1) is 13.3. The topological polar surface area (TPSA) is 29.3 Å². The van der Waals surface area contributed by atoms with Crippen LogP contribution < -0.4 is 5.73 Å². The van der Waals surface area contributed by atoms with Crippen LogP contribution in [0.5, 0.6) is 0 Å². The van der Waals surface area contributed by atoms with E-state index >= 15 is 0 Å². The molecule has 1 rings (SSSR count). The maximum absolute atomic E-state index is 5.97. The molecule has 2 N–H and O–H groups in total. The molecule has 1 aromatic carbocycles. The molecular formula is C13H21ClN2. The Hall–Kier alpha value is -0.730. The Kier molecular flexibility index (Phi) is 4.22. The SMILES string of the molecule is CN(Cc1cc(N)cc(Cl)c1)CC(C)(C)C. The molecule has 0 saturated heterocycles. The Morgan fingerprint density at radius 3 is 2.38 bits per heavy atom. The van der Waals surface area contributed by atoms with Crippen molar-refractivity contribution in [2.24, 2.45) is 5.41 Å². The zero-order valence-electron chi connectivity index (χ0n) is 10.5. The van der Waals surface area contributed by atoms with Crippen LogP contribution in [-0.4, -0.2) is 18.5 Å². The predicted octanol–water partition coefficient (Wildman–Crippen LogP) is 3.40. The second-order valence-electron chi connectivity index (χ2n) is 5.63. The lowest BCUT2D eigenvalue weighted by Gasteiger charge is -2.26. The van der Waals surface area contributed by atoms with E-state index in [-0.39, 0.29) is 0 Å². The average molecular weight is 241 g/mol. The van der Waals surface area contributed by atoms with E-state index in [4.69, 9.17) is 17.3 Å². The molecule has 0 radical (unpaired) electrons. The number of halogens is 1. The molecule has 90 valence electrons. The van der Waals surface area contributed by atoms with Gasteiger partial charge >= 0.3 is 0 Å². The van der Waals surface area contributed by atoms with Crippen molar-refractivity contribution < 1.29 is 0 Å². The van der Waals surface area contributed by atoms with Crippen LogP contribution in [-0.2, 0) is 6.54 Å². The number of hydrogen-bond donors (Lipinski definition) is 1. The van der Waals surface area contributed by atoms with Crippen molar-refractivity contribution >= 4 is 17.3 Å². The molecule has 0 aliphatic carbocycles. The summed E-state index contributed by atoms with van der Waals surface area (Å²) in [7, 11) is 2.11. The summed E-state index contributed by atoms with van der Waals surface area (Å²) in [4.78, 5) is 2.28. The Morgan fingerprint density at radius 1 is 1.25 bits per heavy atom. The van der Waals surface area contributed by atoms with Crippen LogP contribution in [0.4, 0.5) is 5.69 Å². The van der Waals surface area contributed by atoms with Crippen LogP contribution >= 0.6 is 11.6 Å². The van der Waals surface area contributed by atoms with Gasteiger partial charge < -0.3 is 10.6 Å². The maximum atomic E-state index is 5.97. The van der Waals surface area contributed by atoms with Crippen LogP contribution in [0, 0.1) is 5.41 Å². The molecule has 0 unspecified atom stereocenters. The Balaban J connectivity index is 2.66. The minimum Gasteiger partial charge on any atom is -0.399 e. The Morgan fingerprint density at radius 2 is 1.88 bits per heavy atom. The summed E-state index contributed by atoms with van der Waals surface area (Å²) >= 11 is 5.97. The number of nitrogens with two attached hydrogens (primary N) is 1. The van der Waals surface area contributed by atoms with Crippen molar-refractivity contribution in [3.05, 3.63) is 28.8 Å². The first-order valence-electron chi connectivity index (χ1n) is 5.50. The quantitative estimate of drug-likeness (QED) is 0.821. The van der Waals surface area contributed by atoms with Crippen LogP contribution in [0.3, 0.4) is 0 Å². The van der Waals surface area contributed by atoms with Gasteiger partial charge in [0.2, 0.25) is 0 Å². The molecule has 0 spiro atoms. The summed E-state index contributed by atoms with van der Waals surface area (Å²) in [6, 6.07) is 5.72. The summed E-state index contributed by atoms with van der Waals surface area (Å²) < 4.78 is 0. The van der Waals surface area contributed by atoms with Gasteiger partial charge in [0, 0.05) is 23.8 Å². The summed E-state index contributed by atoms with van der Waals surface area (Å²) in [5.74, 6) is 0. The average Bonchev–Trinajstić information content (AvgIpc) is 1.96. The Bertz CT molecular complexity index is 335. The fourth-order valence-corrected chi connectivity index (χ4v) is 2.21. The fourth-order valence-electron chi connectivity index (χ4n) is 1.94. The molecular weight excluding hydrogens is 220 g/mol. The molecule has 2 nitrogen and oxygen atoms in total. The fraction of sp³-hybridized carbons (Fsp3) is 0.538. The summed E-state index contributed by atoms with van der Waals surface area (Å²) in [6.45, 7) is 8.61. The van der Waals surface area contributed by atoms with Gasteiger partial charge in [0.25, 0.3) is 0 Å². The first-order chi connectivity index (χ1) is 7.26. The van der Waals surface area contributed by atoms with Crippen LogP contribution in [0.15, 0.2) is 18.2 Å². The van der Waals surface area contributed by atoms with E-state index in [0.29, 0.717) is 10.4 Å². The predicted molar refractivity (Wildman–Crippen MR) is 71.7 cm³/mol. The van der Waals surface area contributed by atoms with E-state index in [0.717, 1.165) is 24.3 Å². The van der Waals surface area contributed by atoms with Gasteiger partial charge in [-0.15, -0.1) is 0 Å². The lowest BCUT2D eigenvalue weighted by Crippen LogP contribution is -2.28. The van der Waals surface area contributed by atoms with E-state index in [2.05, 4.69) is 32.7 Å². The molecule has 16 heavy (non-hydrogen) atoms. The van der Waals surface area contributed by atoms with Crippen molar-refractivity contribution in [1.29, 1.82) is 0 Å². The van der Waals surface area contributed by atoms with Crippen LogP contribution in [0.2, 0.25) is 5.02 Å². The van der Waals surface area contributed by atoms with Crippen molar-refractivity contribution in [2.75, 3.05) is 19.3 Å². The first-order valence-corrected chi connectivity index (χ1v) is 5.87. The molecule has 0 aliphatic rings. The van der Waals surface area contributed by atoms with Crippen molar-refractivity contribution in [3.63, 3.8) is 0 Å². The molecule has 0 bridgehead atoms. The molecule has 0 amide bonds. The number of nitrogen functional groups attached to an aromatic ring is 1. The molecule has 0 aromatic heterocycles. The van der Waals surface area contributed by atoms with Gasteiger partial charge in [-0.2, -0.15) is 0 Å². The number of anilines is 1. The molecule has 0 atom stereocenters. The maximum Gasteiger partial charge on any atom is 0.0429 e. The molecule has 1 aromatic rings. The van der Waals surface area contributed by atoms with E-state index in [1.165, 1.54) is 0 Å². The third-order valence-corrected chi connectivity index (χ3v) is 2.39. The van der Waals surface area contributed by atoms with E-state index in [9.17, 15) is 0 Å². The van der Waals surface area contributed by atoms with Gasteiger partial charge in [0.1, 0.15) is 0 Å². The lowest BCUT2D eigenvalue weighted by molar-refractivity contribution is 0.221. The number of rotatable bonds is 3. The van der Waals surface area contributed by atoms with Crippen LogP contribution in [0.1, 0.15) is 26.3 Å². The van der Waals surface area contributed by atoms with Gasteiger partial charge in [-0.05, 0) is 36.2 Å². The van der Waals surface area contributed by atoms with Gasteiger partial charge in [-0.25, -0.2) is 0 Å². The smallest absolute Gasteiger partial charge is 0.0429 e. The van der Waals surface area contributed by atoms with Crippen molar-refractivity contribution in [1.82, 2.24) is 4.90 Å². The summed E-state index contributed by atoms with van der Waals surface area (Å²) in [5, 5.41) is 0.708. The second kappa shape index (κ2) is 5.07. The highest BCUT2D eigenvalue weighted by atomic mass is 35.5. The molecule has 0 aliphatic heterocycles. The van der Waals surface area contributed by atoms with Gasteiger partial charge in [-0.3, -0.25) is 0 Å². The number of hydrogen-bond acceptors (Lipinski definition) is 2. The monoisotopic (exact) mass is 240 g/mol. The third kappa shape index (κ3) is 4.86. The zero-order chi connectivity index (χ0) is 12.3. The molecule has 0 saturated carbocycles. The van der Waals surface area contributed by atoms with E-state index in [1.54, 1.807) is 6.07 Å². The molecule has 3 heteroatoms. The Labute approximate surface area is 103 Å². The third-order valence-electron chi connectivity index (χ3n) is 2.18. The lowest BCUT2D eigenvalue weighted by atomic mass is 9.96. The highest BCUT2D eigenvalue weighted by Gasteiger charge is 2.13. The van der Waals surface area contributed by atoms with Crippen molar-refractivity contribution in [3.8, 4) is 0 Å². The highest BCUT2D eigenvalue weighted by Crippen LogP contribution is 2.20.